The molecular weight excluding hydrogens is 342 g/mol. The van der Waals surface area contributed by atoms with Crippen molar-refractivity contribution in [2.45, 2.75) is 57.4 Å². The standard InChI is InChI=1S/C21H29N3O3/c1-22-12-5-9-17(22)18(25)19(26)23-14-11-21(15-23)10-6-13-24(20(21)27)16-7-3-2-4-8-16/h5,9,12,16H,2-4,6-8,10-11,13-15H2,1H3/t21-/m0/s1. The summed E-state index contributed by atoms with van der Waals surface area (Å²) in [6.45, 7) is 1.74. The van der Waals surface area contributed by atoms with Gasteiger partial charge in [0.05, 0.1) is 11.1 Å². The van der Waals surface area contributed by atoms with Crippen LogP contribution in [0.3, 0.4) is 0 Å². The molecule has 0 aromatic carbocycles. The van der Waals surface area contributed by atoms with Crippen molar-refractivity contribution in [3.05, 3.63) is 24.0 Å². The van der Waals surface area contributed by atoms with Crippen molar-refractivity contribution in [1.82, 2.24) is 14.4 Å². The Balaban J connectivity index is 1.47. The number of aryl methyl sites for hydroxylation is 1. The largest absolute Gasteiger partial charge is 0.348 e. The van der Waals surface area contributed by atoms with Crippen molar-refractivity contribution in [1.29, 1.82) is 0 Å². The number of carbonyl (C=O) groups is 3. The van der Waals surface area contributed by atoms with Crippen molar-refractivity contribution in [3.63, 3.8) is 0 Å². The molecule has 0 unspecified atom stereocenters. The maximum atomic E-state index is 13.4. The van der Waals surface area contributed by atoms with Gasteiger partial charge in [0.2, 0.25) is 5.91 Å². The maximum Gasteiger partial charge on any atom is 0.296 e. The van der Waals surface area contributed by atoms with Crippen molar-refractivity contribution in [2.24, 2.45) is 12.5 Å². The van der Waals surface area contributed by atoms with E-state index < -0.39 is 17.1 Å². The van der Waals surface area contributed by atoms with Gasteiger partial charge >= 0.3 is 0 Å². The molecule has 1 spiro atoms. The van der Waals surface area contributed by atoms with Crippen molar-refractivity contribution >= 4 is 17.6 Å². The van der Waals surface area contributed by atoms with Gasteiger partial charge in [0.25, 0.3) is 11.7 Å². The van der Waals surface area contributed by atoms with Crippen molar-refractivity contribution < 1.29 is 14.4 Å². The van der Waals surface area contributed by atoms with Gasteiger partial charge in [-0.3, -0.25) is 14.4 Å². The van der Waals surface area contributed by atoms with Crippen LogP contribution >= 0.6 is 0 Å². The molecule has 2 aliphatic heterocycles. The molecule has 3 fully saturated rings. The van der Waals surface area contributed by atoms with E-state index in [1.807, 2.05) is 0 Å². The predicted molar refractivity (Wildman–Crippen MR) is 101 cm³/mol. The lowest BCUT2D eigenvalue weighted by molar-refractivity contribution is -0.149. The molecule has 2 saturated heterocycles. The molecule has 3 aliphatic rings. The molecule has 1 atom stereocenters. The number of aromatic nitrogens is 1. The van der Waals surface area contributed by atoms with Gasteiger partial charge < -0.3 is 14.4 Å². The van der Waals surface area contributed by atoms with Crippen LogP contribution in [-0.2, 0) is 16.6 Å². The zero-order valence-corrected chi connectivity index (χ0v) is 16.2. The fraction of sp³-hybridized carbons (Fsp3) is 0.667. The molecule has 27 heavy (non-hydrogen) atoms. The van der Waals surface area contributed by atoms with Gasteiger partial charge in [-0.2, -0.15) is 0 Å². The average Bonchev–Trinajstić information content (AvgIpc) is 3.31. The third-order valence-corrected chi connectivity index (χ3v) is 6.80. The second-order valence-electron chi connectivity index (χ2n) is 8.48. The van der Waals surface area contributed by atoms with Crippen LogP contribution in [0.25, 0.3) is 0 Å². The van der Waals surface area contributed by atoms with E-state index in [2.05, 4.69) is 4.90 Å². The van der Waals surface area contributed by atoms with Crippen LogP contribution in [0.5, 0.6) is 0 Å². The van der Waals surface area contributed by atoms with Crippen LogP contribution in [0.1, 0.15) is 61.9 Å². The summed E-state index contributed by atoms with van der Waals surface area (Å²) in [5, 5.41) is 0. The smallest absolute Gasteiger partial charge is 0.296 e. The Morgan fingerprint density at radius 1 is 1.07 bits per heavy atom. The molecule has 4 rings (SSSR count). The minimum Gasteiger partial charge on any atom is -0.348 e. The molecule has 1 saturated carbocycles. The number of nitrogens with zero attached hydrogens (tertiary/aromatic N) is 3. The number of ketones is 1. The van der Waals surface area contributed by atoms with Crippen LogP contribution < -0.4 is 0 Å². The number of hydrogen-bond donors (Lipinski definition) is 0. The van der Waals surface area contributed by atoms with E-state index in [9.17, 15) is 14.4 Å². The third kappa shape index (κ3) is 3.19. The second kappa shape index (κ2) is 7.13. The van der Waals surface area contributed by atoms with Gasteiger partial charge in [-0.25, -0.2) is 0 Å². The molecule has 6 nitrogen and oxygen atoms in total. The first-order valence-electron chi connectivity index (χ1n) is 10.3. The first-order valence-corrected chi connectivity index (χ1v) is 10.3. The van der Waals surface area contributed by atoms with E-state index in [1.54, 1.807) is 34.8 Å². The Kier molecular flexibility index (Phi) is 4.82. The summed E-state index contributed by atoms with van der Waals surface area (Å²) in [6.07, 6.45) is 10.2. The van der Waals surface area contributed by atoms with Gasteiger partial charge in [-0.05, 0) is 44.2 Å². The summed E-state index contributed by atoms with van der Waals surface area (Å²) in [5.74, 6) is -0.731. The Labute approximate surface area is 160 Å². The molecule has 3 heterocycles. The number of amides is 2. The number of likely N-dealkylation sites (tertiary alicyclic amines) is 2. The first kappa shape index (κ1) is 18.3. The molecule has 1 aromatic heterocycles. The molecule has 1 aromatic rings. The lowest BCUT2D eigenvalue weighted by Gasteiger charge is -2.44. The summed E-state index contributed by atoms with van der Waals surface area (Å²) in [7, 11) is 1.76. The summed E-state index contributed by atoms with van der Waals surface area (Å²) < 4.78 is 1.67. The number of piperidine rings is 1. The van der Waals surface area contributed by atoms with E-state index in [0.29, 0.717) is 31.2 Å². The molecule has 1 aliphatic carbocycles. The molecular formula is C21H29N3O3. The van der Waals surface area contributed by atoms with E-state index in [4.69, 9.17) is 0 Å². The summed E-state index contributed by atoms with van der Waals surface area (Å²) in [5.41, 5.74) is -0.0698. The first-order chi connectivity index (χ1) is 13.0. The lowest BCUT2D eigenvalue weighted by Crippen LogP contribution is -2.54. The van der Waals surface area contributed by atoms with Crippen LogP contribution in [0, 0.1) is 5.41 Å². The molecule has 0 radical (unpaired) electrons. The molecule has 0 N–H and O–H groups in total. The fourth-order valence-electron chi connectivity index (χ4n) is 5.22. The van der Waals surface area contributed by atoms with Gasteiger partial charge in [-0.1, -0.05) is 19.3 Å². The number of hydrogen-bond acceptors (Lipinski definition) is 3. The molecule has 146 valence electrons. The highest BCUT2D eigenvalue weighted by Gasteiger charge is 2.51. The Hall–Kier alpha value is -2.11. The number of rotatable bonds is 3. The SMILES string of the molecule is Cn1cccc1C(=O)C(=O)N1CC[C@@]2(CCCN(C3CCCCC3)C2=O)C1. The summed E-state index contributed by atoms with van der Waals surface area (Å²) in [4.78, 5) is 42.4. The van der Waals surface area contributed by atoms with Crippen molar-refractivity contribution in [2.75, 3.05) is 19.6 Å². The highest BCUT2D eigenvalue weighted by molar-refractivity contribution is 6.42. The predicted octanol–water partition coefficient (Wildman–Crippen LogP) is 2.38. The van der Waals surface area contributed by atoms with Crippen molar-refractivity contribution in [3.8, 4) is 0 Å². The minimum atomic E-state index is -0.480. The quantitative estimate of drug-likeness (QED) is 0.605. The molecule has 0 bridgehead atoms. The van der Waals surface area contributed by atoms with Gasteiger partial charge in [0.1, 0.15) is 0 Å². The van der Waals surface area contributed by atoms with Gasteiger partial charge in [-0.15, -0.1) is 0 Å². The second-order valence-corrected chi connectivity index (χ2v) is 8.48. The van der Waals surface area contributed by atoms with Crippen LogP contribution in [-0.4, -0.2) is 57.6 Å². The van der Waals surface area contributed by atoms with E-state index in [0.717, 1.165) is 32.2 Å². The highest BCUT2D eigenvalue weighted by atomic mass is 16.2. The number of carbonyl (C=O) groups excluding carboxylic acids is 3. The van der Waals surface area contributed by atoms with Crippen LogP contribution in [0.4, 0.5) is 0 Å². The van der Waals surface area contributed by atoms with Gasteiger partial charge in [0.15, 0.2) is 0 Å². The minimum absolute atomic E-state index is 0.224. The zero-order valence-electron chi connectivity index (χ0n) is 16.2. The topological polar surface area (TPSA) is 62.6 Å². The van der Waals surface area contributed by atoms with E-state index in [-0.39, 0.29) is 5.91 Å². The third-order valence-electron chi connectivity index (χ3n) is 6.80. The normalized spacial score (nSPS) is 26.8. The number of Topliss-reactive ketones (excluding diaryl/α,β-unsaturated/α-hetero) is 1. The Bertz CT molecular complexity index is 750. The average molecular weight is 371 g/mol. The monoisotopic (exact) mass is 371 g/mol. The Morgan fingerprint density at radius 2 is 1.85 bits per heavy atom. The van der Waals surface area contributed by atoms with Crippen LogP contribution in [0.2, 0.25) is 0 Å². The lowest BCUT2D eigenvalue weighted by atomic mass is 9.77. The van der Waals surface area contributed by atoms with E-state index >= 15 is 0 Å². The summed E-state index contributed by atoms with van der Waals surface area (Å²) in [6, 6.07) is 3.81. The maximum absolute atomic E-state index is 13.4. The Morgan fingerprint density at radius 3 is 2.56 bits per heavy atom. The van der Waals surface area contributed by atoms with Gasteiger partial charge in [0, 0.05) is 38.9 Å². The van der Waals surface area contributed by atoms with E-state index in [1.165, 1.54) is 19.3 Å². The van der Waals surface area contributed by atoms with Crippen LogP contribution in [0.15, 0.2) is 18.3 Å². The summed E-state index contributed by atoms with van der Waals surface area (Å²) >= 11 is 0. The fourth-order valence-corrected chi connectivity index (χ4v) is 5.22. The zero-order chi connectivity index (χ0) is 19.0. The molecule has 6 heteroatoms. The molecule has 2 amide bonds. The highest BCUT2D eigenvalue weighted by Crippen LogP contribution is 2.42.